The van der Waals surface area contributed by atoms with Gasteiger partial charge in [-0.15, -0.1) is 0 Å². The molecule has 0 aliphatic heterocycles. The Hall–Kier alpha value is -0.810. The smallest absolute Gasteiger partial charge is 0.133 e. The van der Waals surface area contributed by atoms with Crippen LogP contribution in [0.2, 0.25) is 0 Å². The van der Waals surface area contributed by atoms with Crippen LogP contribution in [0.15, 0.2) is 6.20 Å². The summed E-state index contributed by atoms with van der Waals surface area (Å²) in [5.41, 5.74) is 0.0933. The minimum absolute atomic E-state index is 0.256. The first-order chi connectivity index (χ1) is 6.68. The number of carbonyl (C=O) groups is 1. The predicted molar refractivity (Wildman–Crippen MR) is 52.0 cm³/mol. The van der Waals surface area contributed by atoms with Crippen molar-refractivity contribution in [2.24, 2.45) is 0 Å². The zero-order valence-corrected chi connectivity index (χ0v) is 8.59. The lowest BCUT2D eigenvalue weighted by Gasteiger charge is -2.30. The summed E-state index contributed by atoms with van der Waals surface area (Å²) in [4.78, 5) is 11.0. The Morgan fingerprint density at radius 2 is 2.21 bits per heavy atom. The second-order valence-corrected chi connectivity index (χ2v) is 4.40. The van der Waals surface area contributed by atoms with Crippen molar-refractivity contribution in [1.82, 2.24) is 8.75 Å². The molecule has 0 bridgehead atoms. The molecule has 1 aromatic rings. The van der Waals surface area contributed by atoms with Gasteiger partial charge in [-0.3, -0.25) is 4.79 Å². The molecule has 1 fully saturated rings. The molecule has 1 aromatic heterocycles. The molecule has 5 heteroatoms. The number of rotatable bonds is 2. The molecule has 0 saturated heterocycles. The molecule has 0 unspecified atom stereocenters. The van der Waals surface area contributed by atoms with Crippen LogP contribution in [0.4, 0.5) is 0 Å². The highest BCUT2D eigenvalue weighted by molar-refractivity contribution is 6.99. The second kappa shape index (κ2) is 3.74. The lowest BCUT2D eigenvalue weighted by Crippen LogP contribution is -2.36. The Morgan fingerprint density at radius 1 is 1.50 bits per heavy atom. The van der Waals surface area contributed by atoms with Crippen molar-refractivity contribution in [2.75, 3.05) is 0 Å². The lowest BCUT2D eigenvalue weighted by atomic mass is 9.81. The van der Waals surface area contributed by atoms with Crippen LogP contribution in [0, 0.1) is 0 Å². The number of aliphatic hydroxyl groups is 1. The number of hydrogen-bond donors (Lipinski definition) is 1. The molecule has 0 radical (unpaired) electrons. The van der Waals surface area contributed by atoms with Gasteiger partial charge in [0, 0.05) is 19.3 Å². The average Bonchev–Trinajstić information content (AvgIpc) is 2.63. The standard InChI is InChI=1S/C9H12N2O2S/c12-8-1-3-9(13,4-2-8)5-7-6-10-14-11-7/h6,13H,1-5H2. The average molecular weight is 212 g/mol. The maximum Gasteiger partial charge on any atom is 0.133 e. The van der Waals surface area contributed by atoms with Gasteiger partial charge in [0.05, 0.1) is 29.2 Å². The van der Waals surface area contributed by atoms with E-state index >= 15 is 0 Å². The van der Waals surface area contributed by atoms with Crippen LogP contribution in [0.1, 0.15) is 31.4 Å². The molecule has 1 N–H and O–H groups in total. The molecule has 0 aromatic carbocycles. The summed E-state index contributed by atoms with van der Waals surface area (Å²) in [5.74, 6) is 0.256. The van der Waals surface area contributed by atoms with Crippen LogP contribution < -0.4 is 0 Å². The maximum atomic E-state index is 11.0. The summed E-state index contributed by atoms with van der Waals surface area (Å²) in [5, 5.41) is 10.1. The van der Waals surface area contributed by atoms with E-state index in [-0.39, 0.29) is 5.78 Å². The second-order valence-electron chi connectivity index (χ2n) is 3.84. The molecule has 2 rings (SSSR count). The largest absolute Gasteiger partial charge is 0.389 e. The Morgan fingerprint density at radius 3 is 2.79 bits per heavy atom. The fourth-order valence-corrected chi connectivity index (χ4v) is 2.20. The molecule has 1 aliphatic carbocycles. The third-order valence-corrected chi connectivity index (χ3v) is 3.17. The zero-order valence-electron chi connectivity index (χ0n) is 7.77. The van der Waals surface area contributed by atoms with Gasteiger partial charge in [0.2, 0.25) is 0 Å². The molecule has 4 nitrogen and oxygen atoms in total. The molecule has 1 heterocycles. The maximum absolute atomic E-state index is 11.0. The topological polar surface area (TPSA) is 63.1 Å². The van der Waals surface area contributed by atoms with Crippen molar-refractivity contribution in [3.8, 4) is 0 Å². The third-order valence-electron chi connectivity index (χ3n) is 2.66. The highest BCUT2D eigenvalue weighted by atomic mass is 32.1. The van der Waals surface area contributed by atoms with Gasteiger partial charge in [0.15, 0.2) is 0 Å². The minimum Gasteiger partial charge on any atom is -0.389 e. The number of hydrogen-bond acceptors (Lipinski definition) is 5. The normalized spacial score (nSPS) is 21.1. The van der Waals surface area contributed by atoms with Crippen molar-refractivity contribution >= 4 is 17.5 Å². The van der Waals surface area contributed by atoms with E-state index in [1.807, 2.05) is 0 Å². The van der Waals surface area contributed by atoms with Crippen molar-refractivity contribution in [1.29, 1.82) is 0 Å². The van der Waals surface area contributed by atoms with Crippen molar-refractivity contribution in [3.63, 3.8) is 0 Å². The summed E-state index contributed by atoms with van der Waals surface area (Å²) in [6.45, 7) is 0. The van der Waals surface area contributed by atoms with Crippen LogP contribution in [0.3, 0.4) is 0 Å². The lowest BCUT2D eigenvalue weighted by molar-refractivity contribution is -0.125. The van der Waals surface area contributed by atoms with Crippen LogP contribution >= 0.6 is 11.7 Å². The molecular formula is C9H12N2O2S. The zero-order chi connectivity index (χ0) is 10.0. The summed E-state index contributed by atoms with van der Waals surface area (Å²) >= 11 is 1.15. The van der Waals surface area contributed by atoms with Crippen LogP contribution in [0.25, 0.3) is 0 Å². The third kappa shape index (κ3) is 2.16. The van der Waals surface area contributed by atoms with Crippen LogP contribution in [-0.2, 0) is 11.2 Å². The van der Waals surface area contributed by atoms with E-state index in [9.17, 15) is 9.90 Å². The minimum atomic E-state index is -0.732. The highest BCUT2D eigenvalue weighted by Crippen LogP contribution is 2.29. The van der Waals surface area contributed by atoms with Gasteiger partial charge in [0.25, 0.3) is 0 Å². The molecule has 0 atom stereocenters. The fourth-order valence-electron chi connectivity index (χ4n) is 1.77. The summed E-state index contributed by atoms with van der Waals surface area (Å²) in [6, 6.07) is 0. The van der Waals surface area contributed by atoms with E-state index in [1.165, 1.54) is 0 Å². The van der Waals surface area contributed by atoms with Crippen molar-refractivity contribution in [3.05, 3.63) is 11.9 Å². The first-order valence-corrected chi connectivity index (χ1v) is 5.41. The molecular weight excluding hydrogens is 200 g/mol. The Bertz CT molecular complexity index is 314. The number of aromatic nitrogens is 2. The quantitative estimate of drug-likeness (QED) is 0.793. The molecule has 0 amide bonds. The van der Waals surface area contributed by atoms with E-state index in [2.05, 4.69) is 8.75 Å². The van der Waals surface area contributed by atoms with Crippen LogP contribution in [0.5, 0.6) is 0 Å². The predicted octanol–water partition coefficient (Wildman–Crippen LogP) is 0.955. The fraction of sp³-hybridized carbons (Fsp3) is 0.667. The van der Waals surface area contributed by atoms with Crippen molar-refractivity contribution < 1.29 is 9.90 Å². The number of carbonyl (C=O) groups excluding carboxylic acids is 1. The molecule has 14 heavy (non-hydrogen) atoms. The SMILES string of the molecule is O=C1CCC(O)(Cc2cnsn2)CC1. The van der Waals surface area contributed by atoms with Gasteiger partial charge in [-0.2, -0.15) is 8.75 Å². The highest BCUT2D eigenvalue weighted by Gasteiger charge is 2.33. The molecule has 76 valence electrons. The van der Waals surface area contributed by atoms with E-state index in [0.29, 0.717) is 32.1 Å². The first kappa shape index (κ1) is 9.73. The van der Waals surface area contributed by atoms with Gasteiger partial charge in [-0.05, 0) is 12.8 Å². The van der Waals surface area contributed by atoms with E-state index in [1.54, 1.807) is 6.20 Å². The van der Waals surface area contributed by atoms with Crippen molar-refractivity contribution in [2.45, 2.75) is 37.7 Å². The van der Waals surface area contributed by atoms with Crippen LogP contribution in [-0.4, -0.2) is 25.2 Å². The van der Waals surface area contributed by atoms with E-state index < -0.39 is 5.60 Å². The van der Waals surface area contributed by atoms with E-state index in [0.717, 1.165) is 17.4 Å². The van der Waals surface area contributed by atoms with Gasteiger partial charge in [0.1, 0.15) is 5.78 Å². The molecule has 1 aliphatic rings. The van der Waals surface area contributed by atoms with Gasteiger partial charge in [-0.25, -0.2) is 0 Å². The first-order valence-electron chi connectivity index (χ1n) is 4.68. The summed E-state index contributed by atoms with van der Waals surface area (Å²) in [6.07, 6.45) is 4.31. The molecule has 0 spiro atoms. The Balaban J connectivity index is 1.99. The monoisotopic (exact) mass is 212 g/mol. The van der Waals surface area contributed by atoms with Gasteiger partial charge < -0.3 is 5.11 Å². The number of nitrogens with zero attached hydrogens (tertiary/aromatic N) is 2. The van der Waals surface area contributed by atoms with E-state index in [4.69, 9.17) is 0 Å². The Kier molecular flexibility index (Phi) is 2.60. The van der Waals surface area contributed by atoms with Gasteiger partial charge >= 0.3 is 0 Å². The number of ketones is 1. The summed E-state index contributed by atoms with van der Waals surface area (Å²) in [7, 11) is 0. The number of Topliss-reactive ketones (excluding diaryl/α,β-unsaturated/α-hetero) is 1. The molecule has 1 saturated carbocycles. The van der Waals surface area contributed by atoms with Gasteiger partial charge in [-0.1, -0.05) is 0 Å². The Labute approximate surface area is 86.3 Å². The summed E-state index contributed by atoms with van der Waals surface area (Å²) < 4.78 is 7.95.